The molecule has 3 rings (SSSR count). The molecule has 0 aliphatic rings. The molecule has 0 bridgehead atoms. The molecular weight excluding hydrogens is 296 g/mol. The van der Waals surface area contributed by atoms with E-state index >= 15 is 0 Å². The fourth-order valence-corrected chi connectivity index (χ4v) is 3.11. The van der Waals surface area contributed by atoms with E-state index < -0.39 is 0 Å². The van der Waals surface area contributed by atoms with Gasteiger partial charge in [-0.2, -0.15) is 5.10 Å². The number of carbonyl (C=O) groups is 1. The maximum Gasteiger partial charge on any atom is 0.246 e. The maximum absolute atomic E-state index is 12.1. The second-order valence-electron chi connectivity index (χ2n) is 5.05. The summed E-state index contributed by atoms with van der Waals surface area (Å²) in [7, 11) is 3.63. The first-order valence-electron chi connectivity index (χ1n) is 6.88. The number of amides is 1. The van der Waals surface area contributed by atoms with E-state index in [2.05, 4.69) is 10.1 Å². The zero-order valence-electron chi connectivity index (χ0n) is 12.4. The lowest BCUT2D eigenvalue weighted by Crippen LogP contribution is -2.23. The molecule has 2 heterocycles. The van der Waals surface area contributed by atoms with Gasteiger partial charge in [0, 0.05) is 31.9 Å². The molecular formula is C16H16N4OS. The predicted molar refractivity (Wildman–Crippen MR) is 88.3 cm³/mol. The second kappa shape index (κ2) is 6.11. The zero-order valence-corrected chi connectivity index (χ0v) is 13.2. The largest absolute Gasteiger partial charge is 0.335 e. The van der Waals surface area contributed by atoms with Crippen LogP contribution in [0.5, 0.6) is 0 Å². The number of carbonyl (C=O) groups excluding carboxylic acids is 1. The van der Waals surface area contributed by atoms with Crippen LogP contribution in [-0.2, 0) is 18.4 Å². The van der Waals surface area contributed by atoms with Gasteiger partial charge in [-0.25, -0.2) is 4.98 Å². The van der Waals surface area contributed by atoms with Crippen molar-refractivity contribution in [1.82, 2.24) is 19.7 Å². The van der Waals surface area contributed by atoms with Crippen LogP contribution in [0.4, 0.5) is 0 Å². The lowest BCUT2D eigenvalue weighted by molar-refractivity contribution is -0.125. The van der Waals surface area contributed by atoms with Gasteiger partial charge < -0.3 is 4.90 Å². The van der Waals surface area contributed by atoms with E-state index in [4.69, 9.17) is 0 Å². The average molecular weight is 312 g/mol. The van der Waals surface area contributed by atoms with Crippen LogP contribution in [-0.4, -0.2) is 32.6 Å². The van der Waals surface area contributed by atoms with Crippen molar-refractivity contribution in [1.29, 1.82) is 0 Å². The van der Waals surface area contributed by atoms with Crippen molar-refractivity contribution in [3.63, 3.8) is 0 Å². The zero-order chi connectivity index (χ0) is 15.5. The lowest BCUT2D eigenvalue weighted by Gasteiger charge is -2.12. The highest BCUT2D eigenvalue weighted by molar-refractivity contribution is 7.18. The lowest BCUT2D eigenvalue weighted by atomic mass is 10.3. The molecule has 1 amide bonds. The highest BCUT2D eigenvalue weighted by atomic mass is 32.1. The molecule has 0 aliphatic heterocycles. The molecule has 3 aromatic rings. The van der Waals surface area contributed by atoms with Crippen molar-refractivity contribution in [2.75, 3.05) is 7.05 Å². The van der Waals surface area contributed by atoms with E-state index in [0.29, 0.717) is 6.54 Å². The highest BCUT2D eigenvalue weighted by Crippen LogP contribution is 2.22. The van der Waals surface area contributed by atoms with Gasteiger partial charge in [0.25, 0.3) is 0 Å². The van der Waals surface area contributed by atoms with Gasteiger partial charge in [-0.1, -0.05) is 12.1 Å². The summed E-state index contributed by atoms with van der Waals surface area (Å²) in [6, 6.07) is 7.99. The van der Waals surface area contributed by atoms with Crippen molar-refractivity contribution in [2.45, 2.75) is 6.54 Å². The molecule has 5 nitrogen and oxygen atoms in total. The number of aromatic nitrogens is 3. The first kappa shape index (κ1) is 14.5. The minimum absolute atomic E-state index is 0.0527. The van der Waals surface area contributed by atoms with Crippen LogP contribution >= 0.6 is 11.3 Å². The van der Waals surface area contributed by atoms with Crippen LogP contribution in [0.1, 0.15) is 10.6 Å². The quantitative estimate of drug-likeness (QED) is 0.696. The maximum atomic E-state index is 12.1. The van der Waals surface area contributed by atoms with Crippen LogP contribution in [0.25, 0.3) is 16.3 Å². The van der Waals surface area contributed by atoms with Gasteiger partial charge >= 0.3 is 0 Å². The first-order valence-corrected chi connectivity index (χ1v) is 7.70. The van der Waals surface area contributed by atoms with Gasteiger partial charge in [0.15, 0.2) is 0 Å². The molecule has 0 radical (unpaired) electrons. The number of thiazole rings is 1. The van der Waals surface area contributed by atoms with Crippen molar-refractivity contribution >= 4 is 33.5 Å². The number of aryl methyl sites for hydroxylation is 1. The first-order chi connectivity index (χ1) is 10.6. The Bertz CT molecular complexity index is 800. The average Bonchev–Trinajstić information content (AvgIpc) is 3.09. The number of benzene rings is 1. The summed E-state index contributed by atoms with van der Waals surface area (Å²) in [5.74, 6) is -0.0527. The molecule has 0 saturated carbocycles. The van der Waals surface area contributed by atoms with Crippen LogP contribution < -0.4 is 0 Å². The smallest absolute Gasteiger partial charge is 0.246 e. The molecule has 0 spiro atoms. The SMILES string of the molecule is CN(Cc1nc2ccccc2s1)C(=O)C=Cc1cnn(C)c1. The molecule has 0 atom stereocenters. The van der Waals surface area contributed by atoms with E-state index in [1.807, 2.05) is 37.5 Å². The van der Waals surface area contributed by atoms with Gasteiger partial charge in [0.05, 0.1) is 23.0 Å². The van der Waals surface area contributed by atoms with E-state index in [9.17, 15) is 4.79 Å². The van der Waals surface area contributed by atoms with Crippen molar-refractivity contribution < 1.29 is 4.79 Å². The minimum atomic E-state index is -0.0527. The summed E-state index contributed by atoms with van der Waals surface area (Å²) in [6.07, 6.45) is 6.91. The molecule has 6 heteroatoms. The molecule has 0 N–H and O–H groups in total. The van der Waals surface area contributed by atoms with Crippen LogP contribution in [0.2, 0.25) is 0 Å². The van der Waals surface area contributed by atoms with E-state index in [1.165, 1.54) is 0 Å². The highest BCUT2D eigenvalue weighted by Gasteiger charge is 2.09. The Hall–Kier alpha value is -2.47. The molecule has 0 aliphatic carbocycles. The molecule has 2 aromatic heterocycles. The number of para-hydroxylation sites is 1. The Kier molecular flexibility index (Phi) is 4.02. The molecule has 0 fully saturated rings. The number of rotatable bonds is 4. The van der Waals surface area contributed by atoms with Crippen LogP contribution in [0.3, 0.4) is 0 Å². The summed E-state index contributed by atoms with van der Waals surface area (Å²) in [5, 5.41) is 5.00. The van der Waals surface area contributed by atoms with Crippen molar-refractivity contribution in [3.05, 3.63) is 53.3 Å². The van der Waals surface area contributed by atoms with Crippen molar-refractivity contribution in [2.24, 2.45) is 7.05 Å². The minimum Gasteiger partial charge on any atom is -0.335 e. The summed E-state index contributed by atoms with van der Waals surface area (Å²) in [4.78, 5) is 18.3. The Labute approximate surface area is 132 Å². The molecule has 1 aromatic carbocycles. The Balaban J connectivity index is 1.66. The fraction of sp³-hybridized carbons (Fsp3) is 0.188. The van der Waals surface area contributed by atoms with Gasteiger partial charge in [-0.05, 0) is 18.2 Å². The second-order valence-corrected chi connectivity index (χ2v) is 6.17. The van der Waals surface area contributed by atoms with E-state index in [-0.39, 0.29) is 5.91 Å². The van der Waals surface area contributed by atoms with Gasteiger partial charge in [-0.15, -0.1) is 11.3 Å². The standard InChI is InChI=1S/C16H16N4OS/c1-19(16(21)8-7-12-9-17-20(2)10-12)11-15-18-13-5-3-4-6-14(13)22-15/h3-10H,11H2,1-2H3. The summed E-state index contributed by atoms with van der Waals surface area (Å²) >= 11 is 1.62. The third-order valence-corrected chi connectivity index (χ3v) is 4.25. The van der Waals surface area contributed by atoms with Gasteiger partial charge in [0.1, 0.15) is 5.01 Å². The molecule has 112 valence electrons. The van der Waals surface area contributed by atoms with Crippen LogP contribution in [0.15, 0.2) is 42.7 Å². The third kappa shape index (κ3) is 3.23. The van der Waals surface area contributed by atoms with Gasteiger partial charge in [0.2, 0.25) is 5.91 Å². The Morgan fingerprint density at radius 1 is 1.41 bits per heavy atom. The predicted octanol–water partition coefficient (Wildman–Crippen LogP) is 2.70. The molecule has 22 heavy (non-hydrogen) atoms. The monoisotopic (exact) mass is 312 g/mol. The fourth-order valence-electron chi connectivity index (χ4n) is 2.09. The molecule has 0 saturated heterocycles. The number of likely N-dealkylation sites (N-methyl/N-ethyl adjacent to an activating group) is 1. The van der Waals surface area contributed by atoms with E-state index in [0.717, 1.165) is 20.8 Å². The Morgan fingerprint density at radius 3 is 2.95 bits per heavy atom. The number of hydrogen-bond acceptors (Lipinski definition) is 4. The topological polar surface area (TPSA) is 51.0 Å². The summed E-state index contributed by atoms with van der Waals surface area (Å²) in [6.45, 7) is 0.509. The number of hydrogen-bond donors (Lipinski definition) is 0. The normalized spacial score (nSPS) is 11.4. The van der Waals surface area contributed by atoms with Gasteiger partial charge in [-0.3, -0.25) is 9.48 Å². The number of nitrogens with zero attached hydrogens (tertiary/aromatic N) is 4. The summed E-state index contributed by atoms with van der Waals surface area (Å²) < 4.78 is 2.85. The molecule has 0 unspecified atom stereocenters. The van der Waals surface area contributed by atoms with Crippen LogP contribution in [0, 0.1) is 0 Å². The number of fused-ring (bicyclic) bond motifs is 1. The third-order valence-electron chi connectivity index (χ3n) is 3.23. The Morgan fingerprint density at radius 2 is 2.23 bits per heavy atom. The van der Waals surface area contributed by atoms with E-state index in [1.54, 1.807) is 46.3 Å². The van der Waals surface area contributed by atoms with Crippen molar-refractivity contribution in [3.8, 4) is 0 Å². The summed E-state index contributed by atoms with van der Waals surface area (Å²) in [5.41, 5.74) is 1.89.